The zero-order chi connectivity index (χ0) is 35.4. The van der Waals surface area contributed by atoms with Gasteiger partial charge in [0, 0.05) is 42.0 Å². The maximum Gasteiger partial charge on any atom is 0.412 e. The smallest absolute Gasteiger partial charge is 0.412 e. The van der Waals surface area contributed by atoms with Crippen LogP contribution in [0.15, 0.2) is 30.6 Å². The summed E-state index contributed by atoms with van der Waals surface area (Å²) < 4.78 is 73.9. The summed E-state index contributed by atoms with van der Waals surface area (Å²) in [6, 6.07) is 5.02. The number of carbonyl (C=O) groups is 1. The van der Waals surface area contributed by atoms with Crippen LogP contribution in [0, 0.1) is 28.8 Å². The number of amides is 1. The standard InChI is InChI=1S/C34H32F4N8O3S/c1-33(2,3)49-32(47)45-30-21(11-39)24-19(5-6-22(36)28(24)50-30)25-23(37)9-20-27(26(25)38)43-31(44-29(20)40-12-17-13-41-42-14-17)48-16-34-7-4-8-46(34)15-18(35)10-34/h5-6,9,13-14,18H,4,7-8,10,12,15-16H2,1-3H3,(H,41,42)(H,45,47)(H,40,43,44)/t18-,34+/m1/s1. The SMILES string of the molecule is CC(C)(C)OC(=O)Nc1sc2c(F)ccc(-c3c(F)cc4c(NCc5cn[nH]c5)nc(OC[C@@]56CCCN5C[C@H](F)C6)nc4c3F)c2c1C#N. The molecule has 0 aliphatic carbocycles. The van der Waals surface area contributed by atoms with E-state index in [0.29, 0.717) is 13.0 Å². The minimum atomic E-state index is -1.10. The molecule has 2 fully saturated rings. The fraction of sp³-hybridized carbons (Fsp3) is 0.382. The van der Waals surface area contributed by atoms with Crippen molar-refractivity contribution in [3.05, 3.63) is 59.2 Å². The summed E-state index contributed by atoms with van der Waals surface area (Å²) in [5, 5.41) is 22.2. The van der Waals surface area contributed by atoms with Crippen LogP contribution in [-0.4, -0.2) is 68.2 Å². The maximum atomic E-state index is 16.8. The van der Waals surface area contributed by atoms with Gasteiger partial charge in [0.2, 0.25) is 0 Å². The van der Waals surface area contributed by atoms with Crippen LogP contribution in [0.4, 0.5) is 33.2 Å². The molecule has 5 heterocycles. The van der Waals surface area contributed by atoms with E-state index >= 15 is 13.2 Å². The van der Waals surface area contributed by atoms with E-state index in [4.69, 9.17) is 9.47 Å². The lowest BCUT2D eigenvalue weighted by atomic mass is 9.95. The minimum absolute atomic E-state index is 0.00130. The van der Waals surface area contributed by atoms with Gasteiger partial charge in [-0.2, -0.15) is 20.3 Å². The third-order valence-electron chi connectivity index (χ3n) is 8.89. The molecule has 0 radical (unpaired) electrons. The van der Waals surface area contributed by atoms with Crippen molar-refractivity contribution in [3.63, 3.8) is 0 Å². The second-order valence-corrected chi connectivity index (χ2v) is 14.5. The molecule has 2 atom stereocenters. The molecular weight excluding hydrogens is 676 g/mol. The largest absolute Gasteiger partial charge is 0.461 e. The zero-order valence-corrected chi connectivity index (χ0v) is 28.1. The highest BCUT2D eigenvalue weighted by molar-refractivity contribution is 7.23. The van der Waals surface area contributed by atoms with Crippen molar-refractivity contribution in [1.29, 1.82) is 5.26 Å². The van der Waals surface area contributed by atoms with Crippen molar-refractivity contribution in [2.24, 2.45) is 0 Å². The molecule has 5 aromatic rings. The number of carbonyl (C=O) groups excluding carboxylic acids is 1. The summed E-state index contributed by atoms with van der Waals surface area (Å²) in [5.41, 5.74) is -1.84. The summed E-state index contributed by atoms with van der Waals surface area (Å²) in [6.45, 7) is 6.28. The van der Waals surface area contributed by atoms with E-state index in [2.05, 4.69) is 35.7 Å². The van der Waals surface area contributed by atoms with E-state index in [1.807, 2.05) is 6.07 Å². The highest BCUT2D eigenvalue weighted by Crippen LogP contribution is 2.45. The Morgan fingerprint density at radius 2 is 2.06 bits per heavy atom. The second kappa shape index (κ2) is 12.7. The molecule has 3 aromatic heterocycles. The van der Waals surface area contributed by atoms with Gasteiger partial charge in [0.15, 0.2) is 5.82 Å². The number of alkyl halides is 1. The fourth-order valence-electron chi connectivity index (χ4n) is 6.80. The summed E-state index contributed by atoms with van der Waals surface area (Å²) >= 11 is 0.741. The minimum Gasteiger partial charge on any atom is -0.461 e. The van der Waals surface area contributed by atoms with E-state index in [9.17, 15) is 14.4 Å². The Kier molecular flexibility index (Phi) is 8.51. The zero-order valence-electron chi connectivity index (χ0n) is 27.3. The first kappa shape index (κ1) is 33.5. The number of halogens is 4. The average molecular weight is 709 g/mol. The average Bonchev–Trinajstić information content (AvgIpc) is 3.83. The number of aromatic amines is 1. The monoisotopic (exact) mass is 708 g/mol. The molecule has 0 unspecified atom stereocenters. The lowest BCUT2D eigenvalue weighted by molar-refractivity contribution is 0.0636. The van der Waals surface area contributed by atoms with Gasteiger partial charge in [-0.25, -0.2) is 22.4 Å². The predicted octanol–water partition coefficient (Wildman–Crippen LogP) is 7.44. The Morgan fingerprint density at radius 1 is 1.24 bits per heavy atom. The molecule has 7 rings (SSSR count). The van der Waals surface area contributed by atoms with Crippen LogP contribution in [0.3, 0.4) is 0 Å². The fourth-order valence-corrected chi connectivity index (χ4v) is 7.87. The van der Waals surface area contributed by atoms with Gasteiger partial charge in [-0.05, 0) is 57.9 Å². The number of nitriles is 1. The molecule has 260 valence electrons. The number of H-pyrrole nitrogens is 1. The number of anilines is 2. The number of hydrogen-bond donors (Lipinski definition) is 3. The van der Waals surface area contributed by atoms with Crippen molar-refractivity contribution >= 4 is 49.2 Å². The summed E-state index contributed by atoms with van der Waals surface area (Å²) in [4.78, 5) is 23.4. The maximum absolute atomic E-state index is 16.8. The number of nitrogens with zero attached hydrogens (tertiary/aromatic N) is 5. The molecule has 2 saturated heterocycles. The molecule has 3 N–H and O–H groups in total. The first-order valence-corrected chi connectivity index (χ1v) is 16.8. The van der Waals surface area contributed by atoms with Crippen molar-refractivity contribution in [1.82, 2.24) is 25.1 Å². The van der Waals surface area contributed by atoms with Crippen molar-refractivity contribution in [2.75, 3.05) is 30.3 Å². The van der Waals surface area contributed by atoms with Crippen LogP contribution in [-0.2, 0) is 11.3 Å². The lowest BCUT2D eigenvalue weighted by Crippen LogP contribution is -2.43. The first-order chi connectivity index (χ1) is 23.9. The molecule has 0 spiro atoms. The quantitative estimate of drug-likeness (QED) is 0.140. The number of thiophene rings is 1. The summed E-state index contributed by atoms with van der Waals surface area (Å²) in [6.07, 6.45) is 3.26. The van der Waals surface area contributed by atoms with Gasteiger partial charge in [0.05, 0.1) is 27.6 Å². The molecule has 50 heavy (non-hydrogen) atoms. The van der Waals surface area contributed by atoms with E-state index < -0.39 is 46.4 Å². The van der Waals surface area contributed by atoms with E-state index in [0.717, 1.165) is 48.4 Å². The van der Waals surface area contributed by atoms with Crippen LogP contribution in [0.5, 0.6) is 6.01 Å². The lowest BCUT2D eigenvalue weighted by Gasteiger charge is -2.30. The van der Waals surface area contributed by atoms with Gasteiger partial charge in [-0.1, -0.05) is 6.07 Å². The highest BCUT2D eigenvalue weighted by Gasteiger charge is 2.49. The van der Waals surface area contributed by atoms with Crippen molar-refractivity contribution < 1.29 is 31.8 Å². The number of ether oxygens (including phenoxy) is 2. The number of fused-ring (bicyclic) bond motifs is 3. The van der Waals surface area contributed by atoms with Gasteiger partial charge < -0.3 is 14.8 Å². The molecule has 0 saturated carbocycles. The van der Waals surface area contributed by atoms with Crippen LogP contribution >= 0.6 is 11.3 Å². The van der Waals surface area contributed by atoms with Gasteiger partial charge in [0.25, 0.3) is 0 Å². The van der Waals surface area contributed by atoms with Crippen LogP contribution in [0.25, 0.3) is 32.1 Å². The van der Waals surface area contributed by atoms with Crippen molar-refractivity contribution in [3.8, 4) is 23.2 Å². The third kappa shape index (κ3) is 6.15. The Labute approximate surface area is 287 Å². The molecule has 0 bridgehead atoms. The highest BCUT2D eigenvalue weighted by atomic mass is 32.1. The third-order valence-corrected chi connectivity index (χ3v) is 10.0. The van der Waals surface area contributed by atoms with E-state index in [1.165, 1.54) is 6.07 Å². The normalized spacial score (nSPS) is 19.1. The van der Waals surface area contributed by atoms with Gasteiger partial charge in [0.1, 0.15) is 52.4 Å². The Morgan fingerprint density at radius 3 is 2.80 bits per heavy atom. The number of nitrogens with one attached hydrogen (secondary N) is 3. The molecule has 11 nitrogen and oxygen atoms in total. The molecule has 2 aromatic carbocycles. The summed E-state index contributed by atoms with van der Waals surface area (Å²) in [5.74, 6) is -2.81. The van der Waals surface area contributed by atoms with Gasteiger partial charge in [-0.3, -0.25) is 15.3 Å². The van der Waals surface area contributed by atoms with E-state index in [1.54, 1.807) is 33.2 Å². The Bertz CT molecular complexity index is 2160. The Hall–Kier alpha value is -5.01. The second-order valence-electron chi connectivity index (χ2n) is 13.5. The van der Waals surface area contributed by atoms with Gasteiger partial charge in [-0.15, -0.1) is 11.3 Å². The van der Waals surface area contributed by atoms with Crippen LogP contribution in [0.2, 0.25) is 0 Å². The van der Waals surface area contributed by atoms with Crippen molar-refractivity contribution in [2.45, 2.75) is 63.9 Å². The number of rotatable bonds is 8. The Balaban J connectivity index is 1.34. The molecule has 2 aliphatic heterocycles. The first-order valence-electron chi connectivity index (χ1n) is 15.9. The van der Waals surface area contributed by atoms with Crippen LogP contribution < -0.4 is 15.4 Å². The van der Waals surface area contributed by atoms with Gasteiger partial charge >= 0.3 is 12.1 Å². The number of benzene rings is 2. The summed E-state index contributed by atoms with van der Waals surface area (Å²) in [7, 11) is 0. The van der Waals surface area contributed by atoms with Crippen LogP contribution in [0.1, 0.15) is 51.2 Å². The predicted molar refractivity (Wildman–Crippen MR) is 179 cm³/mol. The molecule has 16 heteroatoms. The number of hydrogen-bond acceptors (Lipinski definition) is 10. The topological polar surface area (TPSA) is 141 Å². The molecule has 1 amide bonds. The molecular formula is C34H32F4N8O3S. The molecule has 2 aliphatic rings. The number of aromatic nitrogens is 4. The van der Waals surface area contributed by atoms with E-state index in [-0.39, 0.29) is 62.1 Å².